The van der Waals surface area contributed by atoms with E-state index in [9.17, 15) is 9.18 Å². The first kappa shape index (κ1) is 12.0. The Hall–Kier alpha value is -2.11. The minimum absolute atomic E-state index is 0.113. The second-order valence-corrected chi connectivity index (χ2v) is 4.91. The van der Waals surface area contributed by atoms with Crippen molar-refractivity contribution in [2.24, 2.45) is 0 Å². The summed E-state index contributed by atoms with van der Waals surface area (Å²) >= 11 is 0. The van der Waals surface area contributed by atoms with Crippen molar-refractivity contribution in [3.05, 3.63) is 24.0 Å². The molecule has 100 valence electrons. The number of rotatable bonds is 3. The van der Waals surface area contributed by atoms with E-state index < -0.39 is 11.9 Å². The summed E-state index contributed by atoms with van der Waals surface area (Å²) in [5, 5.41) is 2.91. The molecule has 19 heavy (non-hydrogen) atoms. The fraction of sp³-hybridized carbons (Fsp3) is 0.385. The molecule has 6 heteroatoms. The van der Waals surface area contributed by atoms with Gasteiger partial charge in [-0.3, -0.25) is 9.36 Å². The average Bonchev–Trinajstić information content (AvgIpc) is 3.10. The molecule has 1 aliphatic rings. The van der Waals surface area contributed by atoms with Crippen LogP contribution in [0.4, 0.5) is 10.3 Å². The van der Waals surface area contributed by atoms with Gasteiger partial charge in [-0.25, -0.2) is 9.37 Å². The van der Waals surface area contributed by atoms with E-state index in [0.29, 0.717) is 5.52 Å². The Morgan fingerprint density at radius 1 is 1.58 bits per heavy atom. The van der Waals surface area contributed by atoms with Gasteiger partial charge in [-0.1, -0.05) is 6.07 Å². The Bertz CT molecular complexity index is 647. The molecular weight excluding hydrogens is 247 g/mol. The molecule has 0 saturated heterocycles. The number of hydrogen-bond acceptors (Lipinski definition) is 3. The van der Waals surface area contributed by atoms with E-state index >= 15 is 0 Å². The quantitative estimate of drug-likeness (QED) is 0.882. The zero-order valence-electron chi connectivity index (χ0n) is 10.6. The molecule has 1 heterocycles. The summed E-state index contributed by atoms with van der Waals surface area (Å²) in [7, 11) is 0. The Morgan fingerprint density at radius 2 is 2.32 bits per heavy atom. The van der Waals surface area contributed by atoms with Crippen LogP contribution in [0.15, 0.2) is 18.2 Å². The summed E-state index contributed by atoms with van der Waals surface area (Å²) < 4.78 is 15.2. The number of amides is 1. The minimum atomic E-state index is -0.507. The number of nitrogens with one attached hydrogen (secondary N) is 1. The zero-order chi connectivity index (χ0) is 13.6. The molecule has 1 aromatic carbocycles. The topological polar surface area (TPSA) is 72.9 Å². The van der Waals surface area contributed by atoms with Gasteiger partial charge in [-0.2, -0.15) is 0 Å². The van der Waals surface area contributed by atoms with Gasteiger partial charge in [0.1, 0.15) is 11.6 Å². The number of carbonyl (C=O) groups is 1. The standard InChI is InChI=1S/C13H15FN4O/c1-7(12(19)16-8-5-6-8)18-10-4-2-3-9(14)11(10)17-13(18)15/h2-4,7-8H,5-6H2,1H3,(H2,15,17)(H,16,19). The molecule has 0 radical (unpaired) electrons. The Morgan fingerprint density at radius 3 is 3.00 bits per heavy atom. The molecule has 3 rings (SSSR count). The smallest absolute Gasteiger partial charge is 0.243 e. The number of fused-ring (bicyclic) bond motifs is 1. The van der Waals surface area contributed by atoms with E-state index in [0.717, 1.165) is 12.8 Å². The fourth-order valence-electron chi connectivity index (χ4n) is 2.17. The number of nitrogen functional groups attached to an aromatic ring is 1. The predicted molar refractivity (Wildman–Crippen MR) is 70.0 cm³/mol. The summed E-state index contributed by atoms with van der Waals surface area (Å²) in [4.78, 5) is 16.1. The molecule has 1 amide bonds. The number of benzene rings is 1. The highest BCUT2D eigenvalue weighted by Crippen LogP contribution is 2.26. The highest BCUT2D eigenvalue weighted by Gasteiger charge is 2.28. The Kier molecular flexibility index (Phi) is 2.66. The van der Waals surface area contributed by atoms with Crippen LogP contribution in [0.1, 0.15) is 25.8 Å². The number of nitrogens with zero attached hydrogens (tertiary/aromatic N) is 2. The molecule has 1 saturated carbocycles. The maximum atomic E-state index is 13.6. The molecule has 1 atom stereocenters. The van der Waals surface area contributed by atoms with Crippen LogP contribution in [0.25, 0.3) is 11.0 Å². The molecular formula is C13H15FN4O. The van der Waals surface area contributed by atoms with Crippen LogP contribution in [-0.4, -0.2) is 21.5 Å². The van der Waals surface area contributed by atoms with Crippen LogP contribution in [0, 0.1) is 5.82 Å². The fourth-order valence-corrected chi connectivity index (χ4v) is 2.17. The second-order valence-electron chi connectivity index (χ2n) is 4.91. The number of anilines is 1. The molecule has 1 aliphatic carbocycles. The van der Waals surface area contributed by atoms with Crippen molar-refractivity contribution in [2.45, 2.75) is 31.8 Å². The SMILES string of the molecule is CC(C(=O)NC1CC1)n1c(N)nc2c(F)cccc21. The summed E-state index contributed by atoms with van der Waals surface area (Å²) in [6, 6.07) is 4.40. The molecule has 3 N–H and O–H groups in total. The van der Waals surface area contributed by atoms with Crippen LogP contribution in [0.5, 0.6) is 0 Å². The van der Waals surface area contributed by atoms with Crippen molar-refractivity contribution in [3.63, 3.8) is 0 Å². The third-order valence-corrected chi connectivity index (χ3v) is 3.39. The minimum Gasteiger partial charge on any atom is -0.369 e. The van der Waals surface area contributed by atoms with Crippen LogP contribution in [0.3, 0.4) is 0 Å². The monoisotopic (exact) mass is 262 g/mol. The number of aromatic nitrogens is 2. The van der Waals surface area contributed by atoms with Gasteiger partial charge < -0.3 is 11.1 Å². The molecule has 0 spiro atoms. The van der Waals surface area contributed by atoms with Crippen molar-refractivity contribution >= 4 is 22.9 Å². The van der Waals surface area contributed by atoms with Gasteiger partial charge in [-0.15, -0.1) is 0 Å². The molecule has 0 aliphatic heterocycles. The lowest BCUT2D eigenvalue weighted by atomic mass is 10.2. The van der Waals surface area contributed by atoms with Crippen LogP contribution in [-0.2, 0) is 4.79 Å². The highest BCUT2D eigenvalue weighted by molar-refractivity contribution is 5.86. The number of nitrogens with two attached hydrogens (primary N) is 1. The van der Waals surface area contributed by atoms with Crippen molar-refractivity contribution in [1.82, 2.24) is 14.9 Å². The zero-order valence-corrected chi connectivity index (χ0v) is 10.6. The average molecular weight is 262 g/mol. The summed E-state index contributed by atoms with van der Waals surface area (Å²) in [6.07, 6.45) is 2.04. The van der Waals surface area contributed by atoms with E-state index in [1.54, 1.807) is 23.6 Å². The van der Waals surface area contributed by atoms with Crippen molar-refractivity contribution < 1.29 is 9.18 Å². The second kappa shape index (κ2) is 4.22. The number of hydrogen-bond donors (Lipinski definition) is 2. The number of imidazole rings is 1. The van der Waals surface area contributed by atoms with E-state index in [1.807, 2.05) is 0 Å². The van der Waals surface area contributed by atoms with Gasteiger partial charge in [0, 0.05) is 6.04 Å². The third kappa shape index (κ3) is 2.03. The lowest BCUT2D eigenvalue weighted by Gasteiger charge is -2.15. The van der Waals surface area contributed by atoms with Crippen LogP contribution in [0.2, 0.25) is 0 Å². The first-order chi connectivity index (χ1) is 9.08. The lowest BCUT2D eigenvalue weighted by molar-refractivity contribution is -0.123. The van der Waals surface area contributed by atoms with Crippen molar-refractivity contribution in [1.29, 1.82) is 0 Å². The molecule has 2 aromatic rings. The van der Waals surface area contributed by atoms with E-state index in [4.69, 9.17) is 5.73 Å². The first-order valence-electron chi connectivity index (χ1n) is 6.30. The van der Waals surface area contributed by atoms with Crippen LogP contribution < -0.4 is 11.1 Å². The Balaban J connectivity index is 2.01. The maximum Gasteiger partial charge on any atom is 0.243 e. The molecule has 1 fully saturated rings. The summed E-state index contributed by atoms with van der Waals surface area (Å²) in [5.41, 5.74) is 6.55. The van der Waals surface area contributed by atoms with E-state index in [-0.39, 0.29) is 23.4 Å². The molecule has 0 bridgehead atoms. The normalized spacial score (nSPS) is 16.5. The number of halogens is 1. The molecule has 1 unspecified atom stereocenters. The van der Waals surface area contributed by atoms with Crippen molar-refractivity contribution in [2.75, 3.05) is 5.73 Å². The maximum absolute atomic E-state index is 13.6. The third-order valence-electron chi connectivity index (χ3n) is 3.39. The lowest BCUT2D eigenvalue weighted by Crippen LogP contribution is -2.32. The van der Waals surface area contributed by atoms with Crippen molar-refractivity contribution in [3.8, 4) is 0 Å². The Labute approximate surface area is 109 Å². The van der Waals surface area contributed by atoms with E-state index in [1.165, 1.54) is 6.07 Å². The van der Waals surface area contributed by atoms with E-state index in [2.05, 4.69) is 10.3 Å². The van der Waals surface area contributed by atoms with Gasteiger partial charge in [0.2, 0.25) is 11.9 Å². The van der Waals surface area contributed by atoms with Crippen LogP contribution >= 0.6 is 0 Å². The summed E-state index contributed by atoms with van der Waals surface area (Å²) in [5.74, 6) is -0.394. The summed E-state index contributed by atoms with van der Waals surface area (Å²) in [6.45, 7) is 1.74. The largest absolute Gasteiger partial charge is 0.369 e. The van der Waals surface area contributed by atoms with Gasteiger partial charge in [0.15, 0.2) is 5.82 Å². The van der Waals surface area contributed by atoms with Gasteiger partial charge in [0.25, 0.3) is 0 Å². The number of carbonyl (C=O) groups excluding carboxylic acids is 1. The van der Waals surface area contributed by atoms with Gasteiger partial charge in [-0.05, 0) is 31.9 Å². The van der Waals surface area contributed by atoms with Gasteiger partial charge in [0.05, 0.1) is 5.52 Å². The highest BCUT2D eigenvalue weighted by atomic mass is 19.1. The van der Waals surface area contributed by atoms with Gasteiger partial charge >= 0.3 is 0 Å². The first-order valence-corrected chi connectivity index (χ1v) is 6.30. The predicted octanol–water partition coefficient (Wildman–Crippen LogP) is 1.60. The number of para-hydroxylation sites is 1. The molecule has 1 aromatic heterocycles. The molecule has 5 nitrogen and oxygen atoms in total.